The topological polar surface area (TPSA) is 58.1 Å². The lowest BCUT2D eigenvalue weighted by molar-refractivity contribution is 0.0984. The second kappa shape index (κ2) is 10.7. The van der Waals surface area contributed by atoms with Gasteiger partial charge in [-0.25, -0.2) is 4.98 Å². The van der Waals surface area contributed by atoms with Crippen molar-refractivity contribution < 1.29 is 14.3 Å². The van der Waals surface area contributed by atoms with Gasteiger partial charge in [-0.15, -0.1) is 0 Å². The molecule has 0 aliphatic rings. The molecule has 0 atom stereocenters. The van der Waals surface area contributed by atoms with Crippen molar-refractivity contribution in [2.45, 2.75) is 13.8 Å². The van der Waals surface area contributed by atoms with Crippen LogP contribution in [-0.2, 0) is 0 Å². The van der Waals surface area contributed by atoms with Gasteiger partial charge in [0.15, 0.2) is 5.13 Å². The number of hydrogen-bond acceptors (Lipinski definition) is 7. The molecule has 172 valence electrons. The molecule has 0 fully saturated rings. The highest BCUT2D eigenvalue weighted by molar-refractivity contribution is 7.22. The minimum Gasteiger partial charge on any atom is -0.495 e. The number of anilines is 2. The molecule has 1 heterocycles. The third-order valence-corrected chi connectivity index (χ3v) is 6.63. The highest BCUT2D eigenvalue weighted by Crippen LogP contribution is 2.40. The van der Waals surface area contributed by atoms with Gasteiger partial charge in [-0.2, -0.15) is 0 Å². The molecule has 7 nitrogen and oxygen atoms in total. The molecule has 3 aromatic rings. The fourth-order valence-corrected chi connectivity index (χ4v) is 4.61. The molecule has 3 rings (SSSR count). The number of fused-ring (bicyclic) bond motifs is 1. The Kier molecular flexibility index (Phi) is 7.93. The van der Waals surface area contributed by atoms with E-state index >= 15 is 0 Å². The molecule has 0 saturated heterocycles. The highest BCUT2D eigenvalue weighted by atomic mass is 32.1. The van der Waals surface area contributed by atoms with Crippen molar-refractivity contribution in [1.29, 1.82) is 0 Å². The zero-order chi connectivity index (χ0) is 23.3. The summed E-state index contributed by atoms with van der Waals surface area (Å²) in [6, 6.07) is 11.4. The van der Waals surface area contributed by atoms with Gasteiger partial charge in [0, 0.05) is 38.4 Å². The number of thiazole rings is 1. The van der Waals surface area contributed by atoms with Crippen molar-refractivity contribution >= 4 is 38.3 Å². The molecule has 0 radical (unpaired) electrons. The summed E-state index contributed by atoms with van der Waals surface area (Å²) in [4.78, 5) is 24.5. The molecule has 0 saturated carbocycles. The minimum atomic E-state index is -0.0700. The zero-order valence-corrected chi connectivity index (χ0v) is 20.5. The Bertz CT molecular complexity index is 1000. The predicted octanol–water partition coefficient (Wildman–Crippen LogP) is 4.37. The third-order valence-electron chi connectivity index (χ3n) is 5.54. The Hall–Kier alpha value is -2.84. The Morgan fingerprint density at radius 3 is 2.12 bits per heavy atom. The first-order chi connectivity index (χ1) is 15.4. The normalized spacial score (nSPS) is 11.1. The predicted molar refractivity (Wildman–Crippen MR) is 133 cm³/mol. The summed E-state index contributed by atoms with van der Waals surface area (Å²) in [6.07, 6.45) is 0. The molecular formula is C24H32N4O3S. The molecule has 0 bridgehead atoms. The van der Waals surface area contributed by atoms with E-state index < -0.39 is 0 Å². The number of benzene rings is 2. The van der Waals surface area contributed by atoms with Gasteiger partial charge in [0.25, 0.3) is 5.91 Å². The summed E-state index contributed by atoms with van der Waals surface area (Å²) in [5.41, 5.74) is 2.38. The fraction of sp³-hybridized carbons (Fsp3) is 0.417. The Morgan fingerprint density at radius 1 is 0.938 bits per heavy atom. The van der Waals surface area contributed by atoms with Gasteiger partial charge in [-0.3, -0.25) is 9.69 Å². The average Bonchev–Trinajstić information content (AvgIpc) is 3.26. The number of rotatable bonds is 10. The van der Waals surface area contributed by atoms with Gasteiger partial charge in [-0.1, -0.05) is 25.2 Å². The number of carbonyl (C=O) groups is 1. The van der Waals surface area contributed by atoms with Crippen LogP contribution in [0.3, 0.4) is 0 Å². The van der Waals surface area contributed by atoms with Gasteiger partial charge < -0.3 is 19.3 Å². The van der Waals surface area contributed by atoms with Crippen LogP contribution in [0.25, 0.3) is 10.2 Å². The minimum absolute atomic E-state index is 0.0700. The number of nitrogens with zero attached hydrogens (tertiary/aromatic N) is 4. The van der Waals surface area contributed by atoms with Crippen LogP contribution < -0.4 is 19.3 Å². The van der Waals surface area contributed by atoms with Crippen LogP contribution in [0.1, 0.15) is 24.2 Å². The van der Waals surface area contributed by atoms with Gasteiger partial charge in [-0.05, 0) is 49.5 Å². The van der Waals surface area contributed by atoms with E-state index in [0.717, 1.165) is 35.8 Å². The molecular weight excluding hydrogens is 424 g/mol. The van der Waals surface area contributed by atoms with Crippen molar-refractivity contribution in [3.63, 3.8) is 0 Å². The Labute approximate surface area is 194 Å². The van der Waals surface area contributed by atoms with Gasteiger partial charge in [0.1, 0.15) is 21.7 Å². The van der Waals surface area contributed by atoms with Crippen molar-refractivity contribution in [1.82, 2.24) is 9.88 Å². The van der Waals surface area contributed by atoms with Crippen LogP contribution in [0.15, 0.2) is 36.4 Å². The summed E-state index contributed by atoms with van der Waals surface area (Å²) in [5, 5.41) is 0.636. The Morgan fingerprint density at radius 2 is 1.56 bits per heavy atom. The van der Waals surface area contributed by atoms with Gasteiger partial charge in [0.05, 0.1) is 14.2 Å². The molecule has 1 amide bonds. The number of hydrogen-bond donors (Lipinski definition) is 0. The second-order valence-corrected chi connectivity index (χ2v) is 8.55. The standard InChI is InChI=1S/C24H32N4O3S/c1-7-27(8-2)15-16-28(23(29)17-9-11-18(12-10-17)26(3)4)24-25-21-19(30-5)13-14-20(31-6)22(21)32-24/h9-14H,7-8,15-16H2,1-6H3. The lowest BCUT2D eigenvalue weighted by Gasteiger charge is -2.25. The Balaban J connectivity index is 2.03. The van der Waals surface area contributed by atoms with Gasteiger partial charge >= 0.3 is 0 Å². The quantitative estimate of drug-likeness (QED) is 0.452. The van der Waals surface area contributed by atoms with E-state index in [1.165, 1.54) is 11.3 Å². The number of aromatic nitrogens is 1. The van der Waals surface area contributed by atoms with E-state index in [0.29, 0.717) is 28.5 Å². The van der Waals surface area contributed by atoms with Crippen molar-refractivity contribution in [3.8, 4) is 11.5 Å². The smallest absolute Gasteiger partial charge is 0.260 e. The number of likely N-dealkylation sites (N-methyl/N-ethyl adjacent to an activating group) is 1. The van der Waals surface area contributed by atoms with Crippen LogP contribution in [0, 0.1) is 0 Å². The number of amides is 1. The summed E-state index contributed by atoms with van der Waals surface area (Å²) < 4.78 is 11.9. The molecule has 0 aliphatic heterocycles. The van der Waals surface area contributed by atoms with Crippen LogP contribution >= 0.6 is 11.3 Å². The summed E-state index contributed by atoms with van der Waals surface area (Å²) in [6.45, 7) is 7.42. The molecule has 1 aromatic heterocycles. The maximum atomic E-state index is 13.6. The molecule has 0 spiro atoms. The largest absolute Gasteiger partial charge is 0.495 e. The van der Waals surface area contributed by atoms with E-state index in [2.05, 4.69) is 18.7 Å². The van der Waals surface area contributed by atoms with E-state index in [-0.39, 0.29) is 5.91 Å². The van der Waals surface area contributed by atoms with Crippen LogP contribution in [0.2, 0.25) is 0 Å². The second-order valence-electron chi connectivity index (χ2n) is 7.57. The molecule has 0 N–H and O–H groups in total. The van der Waals surface area contributed by atoms with E-state index in [1.807, 2.05) is 55.4 Å². The van der Waals surface area contributed by atoms with Crippen molar-refractivity contribution in [2.75, 3.05) is 64.3 Å². The van der Waals surface area contributed by atoms with Crippen LogP contribution in [0.4, 0.5) is 10.8 Å². The summed E-state index contributed by atoms with van der Waals surface area (Å²) in [7, 11) is 7.22. The van der Waals surface area contributed by atoms with Crippen molar-refractivity contribution in [2.24, 2.45) is 0 Å². The average molecular weight is 457 g/mol. The van der Waals surface area contributed by atoms with Crippen LogP contribution in [-0.4, -0.2) is 70.3 Å². The maximum absolute atomic E-state index is 13.6. The molecule has 2 aromatic carbocycles. The number of carbonyl (C=O) groups excluding carboxylic acids is 1. The lowest BCUT2D eigenvalue weighted by atomic mass is 10.1. The van der Waals surface area contributed by atoms with Crippen LogP contribution in [0.5, 0.6) is 11.5 Å². The summed E-state index contributed by atoms with van der Waals surface area (Å²) in [5.74, 6) is 1.31. The highest BCUT2D eigenvalue weighted by Gasteiger charge is 2.24. The molecule has 32 heavy (non-hydrogen) atoms. The summed E-state index contributed by atoms with van der Waals surface area (Å²) >= 11 is 1.45. The van der Waals surface area contributed by atoms with E-state index in [1.54, 1.807) is 19.1 Å². The molecule has 0 unspecified atom stereocenters. The molecule has 0 aliphatic carbocycles. The lowest BCUT2D eigenvalue weighted by Crippen LogP contribution is -2.38. The van der Waals surface area contributed by atoms with E-state index in [4.69, 9.17) is 14.5 Å². The van der Waals surface area contributed by atoms with Gasteiger partial charge in [0.2, 0.25) is 0 Å². The first-order valence-corrected chi connectivity index (χ1v) is 11.6. The van der Waals surface area contributed by atoms with E-state index in [9.17, 15) is 4.79 Å². The maximum Gasteiger partial charge on any atom is 0.260 e. The third kappa shape index (κ3) is 4.97. The zero-order valence-electron chi connectivity index (χ0n) is 19.7. The number of ether oxygens (including phenoxy) is 2. The SMILES string of the molecule is CCN(CC)CCN(C(=O)c1ccc(N(C)C)cc1)c1nc2c(OC)ccc(OC)c2s1. The monoisotopic (exact) mass is 456 g/mol. The van der Waals surface area contributed by atoms with Crippen molar-refractivity contribution in [3.05, 3.63) is 42.0 Å². The molecule has 8 heteroatoms. The first kappa shape index (κ1) is 23.8. The number of methoxy groups -OCH3 is 2. The fourth-order valence-electron chi connectivity index (χ4n) is 3.51. The first-order valence-electron chi connectivity index (χ1n) is 10.8.